The molecule has 7 aliphatic heterocycles. The van der Waals surface area contributed by atoms with Gasteiger partial charge in [-0.2, -0.15) is 0 Å². The Hall–Kier alpha value is -2.42. The van der Waals surface area contributed by atoms with Gasteiger partial charge in [-0.15, -0.1) is 0 Å². The van der Waals surface area contributed by atoms with Crippen molar-refractivity contribution in [2.75, 3.05) is 46.2 Å². The first-order valence-electron chi connectivity index (χ1n) is 26.6. The molecule has 1 unspecified atom stereocenters. The molecule has 0 saturated carbocycles. The van der Waals surface area contributed by atoms with Crippen molar-refractivity contribution in [2.24, 2.45) is 0 Å². The van der Waals surface area contributed by atoms with E-state index in [1.807, 2.05) is 0 Å². The monoisotopic (exact) mass is 1230 g/mol. The lowest BCUT2D eigenvalue weighted by Crippen LogP contribution is -2.70. The fourth-order valence-electron chi connectivity index (χ4n) is 10.7. The van der Waals surface area contributed by atoms with Gasteiger partial charge in [0.1, 0.15) is 171 Å². The summed E-state index contributed by atoms with van der Waals surface area (Å²) in [5.74, 6) is -1.62. The number of aliphatic hydroxyl groups is 21. The number of nitrogens with one attached hydrogen (secondary N) is 2. The summed E-state index contributed by atoms with van der Waals surface area (Å²) in [6.07, 6.45) is -66.5. The van der Waals surface area contributed by atoms with Crippen LogP contribution in [0.4, 0.5) is 0 Å². The average Bonchev–Trinajstić information content (AvgIpc) is 2.13. The third kappa shape index (κ3) is 14.7. The summed E-state index contributed by atoms with van der Waals surface area (Å²) in [6.45, 7) is -5.03. The highest BCUT2D eigenvalue weighted by molar-refractivity contribution is 5.73. The molecule has 0 aromatic heterocycles. The number of amides is 2. The summed E-state index contributed by atoms with van der Waals surface area (Å²) in [7, 11) is 0. The molecule has 7 rings (SSSR count). The van der Waals surface area contributed by atoms with Crippen molar-refractivity contribution >= 4 is 11.8 Å². The fraction of sp³-hybridized carbons (Fsp3) is 0.957. The van der Waals surface area contributed by atoms with E-state index >= 15 is 0 Å². The highest BCUT2D eigenvalue weighted by Crippen LogP contribution is 2.38. The number of rotatable bonds is 21. The molecule has 35 atom stereocenters. The summed E-state index contributed by atoms with van der Waals surface area (Å²) in [6, 6.07) is -3.39. The van der Waals surface area contributed by atoms with E-state index in [4.69, 9.17) is 61.6 Å². The van der Waals surface area contributed by atoms with Gasteiger partial charge in [0.25, 0.3) is 0 Å². The molecule has 0 bridgehead atoms. The van der Waals surface area contributed by atoms with Crippen molar-refractivity contribution in [1.82, 2.24) is 10.6 Å². The van der Waals surface area contributed by atoms with Crippen LogP contribution >= 0.6 is 0 Å². The van der Waals surface area contributed by atoms with Crippen molar-refractivity contribution in [3.63, 3.8) is 0 Å². The molecule has 488 valence electrons. The lowest BCUT2D eigenvalue weighted by Gasteiger charge is -2.51. The van der Waals surface area contributed by atoms with Crippen LogP contribution in [0.1, 0.15) is 13.8 Å². The largest absolute Gasteiger partial charge is 0.394 e. The summed E-state index contributed by atoms with van der Waals surface area (Å²) in [5, 5.41) is 232. The maximum atomic E-state index is 12.7. The number of ether oxygens (including phenoxy) is 13. The van der Waals surface area contributed by atoms with Gasteiger partial charge >= 0.3 is 0 Å². The first-order valence-corrected chi connectivity index (χ1v) is 26.6. The number of aliphatic hydroxyl groups excluding tert-OH is 21. The lowest BCUT2D eigenvalue weighted by molar-refractivity contribution is -0.407. The first kappa shape index (κ1) is 69.1. The quantitative estimate of drug-likeness (QED) is 0.0507. The predicted octanol–water partition coefficient (Wildman–Crippen LogP) is -16.0. The molecule has 0 radical (unpaired) electrons. The van der Waals surface area contributed by atoms with Crippen molar-refractivity contribution in [3.8, 4) is 0 Å². The molecule has 84 heavy (non-hydrogen) atoms. The number of carbonyl (C=O) groups is 2. The highest BCUT2D eigenvalue weighted by atomic mass is 16.8. The van der Waals surface area contributed by atoms with Crippen molar-refractivity contribution in [2.45, 2.75) is 229 Å². The van der Waals surface area contributed by atoms with E-state index < -0.39 is 273 Å². The fourth-order valence-corrected chi connectivity index (χ4v) is 10.7. The minimum Gasteiger partial charge on any atom is -0.394 e. The minimum atomic E-state index is -2.43. The van der Waals surface area contributed by atoms with E-state index in [2.05, 4.69) is 10.6 Å². The molecule has 0 aliphatic carbocycles. The highest BCUT2D eigenvalue weighted by Gasteiger charge is 2.59. The molecule has 38 heteroatoms. The Morgan fingerprint density at radius 3 is 1.12 bits per heavy atom. The third-order valence-electron chi connectivity index (χ3n) is 15.3. The van der Waals surface area contributed by atoms with Gasteiger partial charge in [0, 0.05) is 13.8 Å². The maximum Gasteiger partial charge on any atom is 0.217 e. The van der Waals surface area contributed by atoms with E-state index in [0.29, 0.717) is 0 Å². The smallest absolute Gasteiger partial charge is 0.217 e. The second kappa shape index (κ2) is 29.9. The predicted molar refractivity (Wildman–Crippen MR) is 255 cm³/mol. The molecule has 23 N–H and O–H groups in total. The normalized spacial score (nSPS) is 50.3. The van der Waals surface area contributed by atoms with Gasteiger partial charge in [0.05, 0.1) is 46.2 Å². The average molecular weight is 1240 g/mol. The van der Waals surface area contributed by atoms with Crippen molar-refractivity contribution in [3.05, 3.63) is 0 Å². The van der Waals surface area contributed by atoms with Crippen LogP contribution in [0.3, 0.4) is 0 Å². The first-order chi connectivity index (χ1) is 39.7. The SMILES string of the molecule is CC(=O)N[C@H]1[C@H](O[C@H]2[C@H](O)[C@@H](NC(C)=O)C(O)O[C@@H]2CO)O[C@H](CO)[C@@H](O[C@@H]2O[C@H](CO[C@H]3O[C@H](CO)[C@@H](O)[C@H](O)[C@@H]3O)[C@@H](O)[C@H](O[C@H]3O[C@H](CO)[C@@H](O)[C@H](O)[C@@H]3O[C@H]3O[C@H](CO)[C@@H](O)[C@H](O)[C@@H]3O[C@H]3O[C@H](CO)[C@@H](O)[C@H](O)[C@@H]3O)[C@@H]2O)[C@@H]1O. The molecule has 7 aliphatic rings. The summed E-state index contributed by atoms with van der Waals surface area (Å²) in [5.41, 5.74) is 0. The number of hydrogen-bond donors (Lipinski definition) is 23. The summed E-state index contributed by atoms with van der Waals surface area (Å²) >= 11 is 0. The van der Waals surface area contributed by atoms with Gasteiger partial charge < -0.3 is 179 Å². The van der Waals surface area contributed by atoms with E-state index in [1.54, 1.807) is 0 Å². The lowest BCUT2D eigenvalue weighted by atomic mass is 9.94. The van der Waals surface area contributed by atoms with Gasteiger partial charge in [-0.1, -0.05) is 0 Å². The zero-order chi connectivity index (χ0) is 61.9. The Kier molecular flexibility index (Phi) is 24.6. The van der Waals surface area contributed by atoms with Gasteiger partial charge in [-0.05, 0) is 0 Å². The molecule has 7 fully saturated rings. The van der Waals surface area contributed by atoms with E-state index in [0.717, 1.165) is 13.8 Å². The Bertz CT molecular complexity index is 2060. The molecule has 7 saturated heterocycles. The topological polar surface area (TPSA) is 603 Å². The van der Waals surface area contributed by atoms with Gasteiger partial charge in [-0.3, -0.25) is 9.59 Å². The third-order valence-corrected chi connectivity index (χ3v) is 15.3. The molecule has 38 nitrogen and oxygen atoms in total. The van der Waals surface area contributed by atoms with E-state index in [9.17, 15) is 117 Å². The summed E-state index contributed by atoms with van der Waals surface area (Å²) in [4.78, 5) is 24.7. The number of hydrogen-bond acceptors (Lipinski definition) is 36. The summed E-state index contributed by atoms with van der Waals surface area (Å²) < 4.78 is 75.0. The maximum absolute atomic E-state index is 12.7. The Balaban J connectivity index is 1.21. The molecular weight excluding hydrogens is 1160 g/mol. The Labute approximate surface area is 475 Å². The van der Waals surface area contributed by atoms with Crippen LogP contribution in [-0.4, -0.2) is 380 Å². The van der Waals surface area contributed by atoms with Crippen molar-refractivity contribution < 1.29 is 178 Å². The molecule has 0 spiro atoms. The standard InChI is InChI=1S/C46H78N2O36/c1-10(55)47-19-26(62)35(16(7-53)73-40(19)71)80-41-20(48-11(2)56)27(63)36(17(8-54)78-41)81-44-34(70)37(25(61)18(79-44)9-72-42-32(68)28(64)21(57)12(3-49)74-42)82-45-39(31(67)24(60)14(5-51)76-45)84-46-38(30(66)23(59)15(6-52)77-46)83-43-33(69)29(65)22(58)13(4-50)75-43/h12-46,49-54,57-71H,3-9H2,1-2H3,(H,47,55)(H,48,56)/t12-,13-,14-,15-,16-,17-,18-,19-,20-,21-,22-,23-,24-,25-,26-,27-,28+,29+,30+,31+,32+,33+,34+,35-,36-,37+,38+,39+,40?,41+,42+,43-,44+,45-,46-/m1/s1. The van der Waals surface area contributed by atoms with Crippen LogP contribution in [0.5, 0.6) is 0 Å². The zero-order valence-corrected chi connectivity index (χ0v) is 44.7. The molecular formula is C46H78N2O36. The van der Waals surface area contributed by atoms with Crippen LogP contribution in [0.25, 0.3) is 0 Å². The van der Waals surface area contributed by atoms with Gasteiger partial charge in [0.2, 0.25) is 11.8 Å². The van der Waals surface area contributed by atoms with Gasteiger partial charge in [-0.25, -0.2) is 0 Å². The van der Waals surface area contributed by atoms with Crippen LogP contribution in [0.2, 0.25) is 0 Å². The molecule has 0 aromatic carbocycles. The number of carbonyl (C=O) groups excluding carboxylic acids is 2. The Morgan fingerprint density at radius 1 is 0.310 bits per heavy atom. The van der Waals surface area contributed by atoms with Crippen LogP contribution in [0, 0.1) is 0 Å². The second-order valence-electron chi connectivity index (χ2n) is 21.1. The molecule has 0 aromatic rings. The minimum absolute atomic E-state index is 0.742. The van der Waals surface area contributed by atoms with Crippen LogP contribution in [0.15, 0.2) is 0 Å². The van der Waals surface area contributed by atoms with E-state index in [-0.39, 0.29) is 0 Å². The van der Waals surface area contributed by atoms with E-state index in [1.165, 1.54) is 0 Å². The van der Waals surface area contributed by atoms with Crippen LogP contribution in [-0.2, 0) is 71.2 Å². The second-order valence-corrected chi connectivity index (χ2v) is 21.1. The molecule has 2 amide bonds. The zero-order valence-electron chi connectivity index (χ0n) is 44.7. The van der Waals surface area contributed by atoms with Crippen molar-refractivity contribution in [1.29, 1.82) is 0 Å². The Morgan fingerprint density at radius 2 is 0.643 bits per heavy atom. The van der Waals surface area contributed by atoms with Crippen LogP contribution < -0.4 is 10.6 Å². The van der Waals surface area contributed by atoms with Gasteiger partial charge in [0.15, 0.2) is 44.0 Å². The molecule has 7 heterocycles.